The molecule has 0 aliphatic carbocycles. The Balaban J connectivity index is 1.84. The number of nitro groups is 1. The van der Waals surface area contributed by atoms with Gasteiger partial charge in [-0.05, 0) is 18.9 Å². The maximum atomic E-state index is 12.7. The summed E-state index contributed by atoms with van der Waals surface area (Å²) < 4.78 is 32.4. The fourth-order valence-corrected chi connectivity index (χ4v) is 5.59. The lowest BCUT2D eigenvalue weighted by atomic mass is 10.1. The topological polar surface area (TPSA) is 89.8 Å². The molecule has 2 saturated heterocycles. The van der Waals surface area contributed by atoms with Crippen molar-refractivity contribution < 1.29 is 18.1 Å². The highest BCUT2D eigenvalue weighted by atomic mass is 32.2. The molecule has 0 unspecified atom stereocenters. The monoisotopic (exact) mass is 344 g/mol. The molecule has 0 saturated carbocycles. The van der Waals surface area contributed by atoms with Gasteiger partial charge in [-0.2, -0.15) is 4.31 Å². The Kier molecular flexibility index (Phi) is 4.15. The van der Waals surface area contributed by atoms with Gasteiger partial charge in [-0.1, -0.05) is 12.1 Å². The maximum Gasteiger partial charge on any atom is 0.289 e. The summed E-state index contributed by atoms with van der Waals surface area (Å²) >= 11 is 1.73. The average Bonchev–Trinajstić information content (AvgIpc) is 2.96. The van der Waals surface area contributed by atoms with Gasteiger partial charge in [-0.15, -0.1) is 11.8 Å². The second-order valence-electron chi connectivity index (χ2n) is 5.24. The third kappa shape index (κ3) is 2.73. The Bertz CT molecular complexity index is 675. The number of hydrogen-bond acceptors (Lipinski definition) is 6. The minimum absolute atomic E-state index is 0.240. The Morgan fingerprint density at radius 3 is 2.55 bits per heavy atom. The molecule has 2 fully saturated rings. The summed E-state index contributed by atoms with van der Waals surface area (Å²) in [4.78, 5) is 9.89. The van der Waals surface area contributed by atoms with Crippen LogP contribution in [0, 0.1) is 10.1 Å². The second-order valence-corrected chi connectivity index (χ2v) is 8.58. The molecule has 0 N–H and O–H groups in total. The molecule has 1 aromatic rings. The molecule has 22 heavy (non-hydrogen) atoms. The van der Waals surface area contributed by atoms with E-state index < -0.39 is 14.9 Å². The first-order valence-electron chi connectivity index (χ1n) is 6.96. The zero-order chi connectivity index (χ0) is 15.8. The van der Waals surface area contributed by atoms with Crippen LogP contribution >= 0.6 is 11.8 Å². The molecule has 0 bridgehead atoms. The number of ether oxygens (including phenoxy) is 1. The molecule has 1 aromatic carbocycles. The van der Waals surface area contributed by atoms with Crippen LogP contribution in [0.25, 0.3) is 0 Å². The fourth-order valence-electron chi connectivity index (χ4n) is 2.82. The van der Waals surface area contributed by atoms with Crippen LogP contribution in [0.1, 0.15) is 12.8 Å². The maximum absolute atomic E-state index is 12.7. The van der Waals surface area contributed by atoms with Crippen molar-refractivity contribution in [1.82, 2.24) is 4.31 Å². The van der Waals surface area contributed by atoms with Crippen molar-refractivity contribution in [2.24, 2.45) is 0 Å². The van der Waals surface area contributed by atoms with E-state index in [1.54, 1.807) is 11.8 Å². The van der Waals surface area contributed by atoms with Crippen molar-refractivity contribution in [2.75, 3.05) is 25.4 Å². The number of piperidine rings is 1. The molecule has 2 aliphatic rings. The molecular weight excluding hydrogens is 328 g/mol. The van der Waals surface area contributed by atoms with Gasteiger partial charge in [-0.25, -0.2) is 8.42 Å². The summed E-state index contributed by atoms with van der Waals surface area (Å²) in [5.41, 5.74) is -0.380. The predicted octanol–water partition coefficient (Wildman–Crippen LogP) is 1.84. The first kappa shape index (κ1) is 15.7. The Morgan fingerprint density at radius 2 is 1.95 bits per heavy atom. The number of rotatable bonds is 3. The van der Waals surface area contributed by atoms with E-state index in [1.807, 2.05) is 0 Å². The summed E-state index contributed by atoms with van der Waals surface area (Å²) in [5, 5.41) is 11.1. The van der Waals surface area contributed by atoms with Crippen molar-refractivity contribution in [3.8, 4) is 0 Å². The van der Waals surface area contributed by atoms with Crippen LogP contribution in [-0.2, 0) is 14.8 Å². The van der Waals surface area contributed by atoms with Crippen LogP contribution in [0.5, 0.6) is 0 Å². The van der Waals surface area contributed by atoms with E-state index in [2.05, 4.69) is 0 Å². The van der Waals surface area contributed by atoms with Gasteiger partial charge in [-0.3, -0.25) is 10.1 Å². The average molecular weight is 344 g/mol. The zero-order valence-electron chi connectivity index (χ0n) is 11.8. The minimum atomic E-state index is -3.86. The van der Waals surface area contributed by atoms with Crippen molar-refractivity contribution in [3.05, 3.63) is 34.4 Å². The van der Waals surface area contributed by atoms with E-state index in [4.69, 9.17) is 4.74 Å². The molecule has 1 spiro atoms. The molecule has 7 nitrogen and oxygen atoms in total. The third-order valence-electron chi connectivity index (χ3n) is 3.98. The SMILES string of the molecule is O=[N+]([O-])c1ccccc1S(=O)(=O)N1CCC2(CC1)OCCS2. The lowest BCUT2D eigenvalue weighted by molar-refractivity contribution is -0.387. The van der Waals surface area contributed by atoms with Crippen LogP contribution < -0.4 is 0 Å². The van der Waals surface area contributed by atoms with Gasteiger partial charge in [0.2, 0.25) is 10.0 Å². The number of nitrogens with zero attached hydrogens (tertiary/aromatic N) is 2. The van der Waals surface area contributed by atoms with Crippen LogP contribution in [0.3, 0.4) is 0 Å². The summed E-state index contributed by atoms with van der Waals surface area (Å²) in [5.74, 6) is 0.927. The van der Waals surface area contributed by atoms with E-state index in [0.29, 0.717) is 32.5 Å². The Hall–Kier alpha value is -1.16. The van der Waals surface area contributed by atoms with Crippen molar-refractivity contribution in [1.29, 1.82) is 0 Å². The Morgan fingerprint density at radius 1 is 1.27 bits per heavy atom. The molecular formula is C13H16N2O5S2. The number of thioether (sulfide) groups is 1. The summed E-state index contributed by atoms with van der Waals surface area (Å²) in [6, 6.07) is 5.47. The molecule has 2 aliphatic heterocycles. The molecule has 0 radical (unpaired) electrons. The van der Waals surface area contributed by atoms with Gasteiger partial charge in [0.1, 0.15) is 4.93 Å². The van der Waals surface area contributed by atoms with Gasteiger partial charge in [0.05, 0.1) is 11.5 Å². The zero-order valence-corrected chi connectivity index (χ0v) is 13.4. The number of sulfonamides is 1. The van der Waals surface area contributed by atoms with E-state index in [9.17, 15) is 18.5 Å². The first-order valence-corrected chi connectivity index (χ1v) is 9.39. The third-order valence-corrected chi connectivity index (χ3v) is 7.35. The molecule has 9 heteroatoms. The highest BCUT2D eigenvalue weighted by molar-refractivity contribution is 8.00. The van der Waals surface area contributed by atoms with Gasteiger partial charge in [0, 0.05) is 24.9 Å². The molecule has 2 heterocycles. The van der Waals surface area contributed by atoms with Crippen molar-refractivity contribution >= 4 is 27.5 Å². The van der Waals surface area contributed by atoms with Crippen molar-refractivity contribution in [2.45, 2.75) is 22.7 Å². The van der Waals surface area contributed by atoms with Crippen LogP contribution in [0.4, 0.5) is 5.69 Å². The number of nitro benzene ring substituents is 1. The number of para-hydroxylation sites is 1. The predicted molar refractivity (Wildman–Crippen MR) is 82.2 cm³/mol. The lowest BCUT2D eigenvalue weighted by Crippen LogP contribution is -2.45. The fraction of sp³-hybridized carbons (Fsp3) is 0.538. The van der Waals surface area contributed by atoms with E-state index in [1.165, 1.54) is 28.6 Å². The number of hydrogen-bond donors (Lipinski definition) is 0. The van der Waals surface area contributed by atoms with Crippen LogP contribution in [0.15, 0.2) is 29.2 Å². The molecule has 0 atom stereocenters. The van der Waals surface area contributed by atoms with E-state index in [0.717, 1.165) is 5.75 Å². The molecule has 120 valence electrons. The van der Waals surface area contributed by atoms with Crippen molar-refractivity contribution in [3.63, 3.8) is 0 Å². The quantitative estimate of drug-likeness (QED) is 0.614. The van der Waals surface area contributed by atoms with Crippen LogP contribution in [-0.4, -0.2) is 48.0 Å². The van der Waals surface area contributed by atoms with E-state index in [-0.39, 0.29) is 15.5 Å². The molecule has 0 aromatic heterocycles. The van der Waals surface area contributed by atoms with Gasteiger partial charge in [0.25, 0.3) is 5.69 Å². The van der Waals surface area contributed by atoms with Gasteiger partial charge < -0.3 is 4.74 Å². The van der Waals surface area contributed by atoms with Gasteiger partial charge >= 0.3 is 0 Å². The minimum Gasteiger partial charge on any atom is -0.363 e. The summed E-state index contributed by atoms with van der Waals surface area (Å²) in [6.45, 7) is 1.34. The normalized spacial score (nSPS) is 22.0. The second kappa shape index (κ2) is 5.80. The standard InChI is InChI=1S/C13H16N2O5S2/c16-15(17)11-3-1-2-4-12(11)22(18,19)14-7-5-13(6-8-14)20-9-10-21-13/h1-4H,5-10H2. The van der Waals surface area contributed by atoms with E-state index >= 15 is 0 Å². The van der Waals surface area contributed by atoms with Gasteiger partial charge in [0.15, 0.2) is 4.90 Å². The highest BCUT2D eigenvalue weighted by Gasteiger charge is 2.43. The smallest absolute Gasteiger partial charge is 0.289 e. The summed E-state index contributed by atoms with van der Waals surface area (Å²) in [6.07, 6.45) is 1.22. The molecule has 0 amide bonds. The molecule has 3 rings (SSSR count). The Labute approximate surface area is 132 Å². The number of benzene rings is 1. The highest BCUT2D eigenvalue weighted by Crippen LogP contribution is 2.42. The largest absolute Gasteiger partial charge is 0.363 e. The van der Waals surface area contributed by atoms with Crippen LogP contribution in [0.2, 0.25) is 0 Å². The lowest BCUT2D eigenvalue weighted by Gasteiger charge is -2.36. The first-order chi connectivity index (χ1) is 10.4. The summed E-state index contributed by atoms with van der Waals surface area (Å²) in [7, 11) is -3.86.